The van der Waals surface area contributed by atoms with Gasteiger partial charge in [0.1, 0.15) is 18.2 Å². The highest BCUT2D eigenvalue weighted by molar-refractivity contribution is 5.84. The van der Waals surface area contributed by atoms with Crippen molar-refractivity contribution in [3.8, 4) is 0 Å². The molecule has 0 aromatic heterocycles. The molecule has 3 amide bonds. The molecule has 0 radical (unpaired) electrons. The van der Waals surface area contributed by atoms with Crippen LogP contribution in [0.15, 0.2) is 91.0 Å². The second-order valence-corrected chi connectivity index (χ2v) is 12.9. The van der Waals surface area contributed by atoms with Crippen LogP contribution >= 0.6 is 0 Å². The monoisotopic (exact) mass is 678 g/mol. The number of rotatable bonds is 18. The van der Waals surface area contributed by atoms with Gasteiger partial charge in [-0.15, -0.1) is 0 Å². The van der Waals surface area contributed by atoms with Crippen LogP contribution in [0.5, 0.6) is 0 Å². The third kappa shape index (κ3) is 13.5. The van der Waals surface area contributed by atoms with Gasteiger partial charge in [-0.1, -0.05) is 91.0 Å². The van der Waals surface area contributed by atoms with Gasteiger partial charge in [0.15, 0.2) is 0 Å². The number of alkyl carbamates (subject to hydrolysis) is 1. The van der Waals surface area contributed by atoms with Crippen molar-refractivity contribution in [2.45, 2.75) is 82.6 Å². The average Bonchev–Trinajstić information content (AvgIpc) is 3.06. The van der Waals surface area contributed by atoms with Crippen LogP contribution in [-0.2, 0) is 33.7 Å². The highest BCUT2D eigenvalue weighted by Crippen LogP contribution is 2.20. The van der Waals surface area contributed by atoms with Crippen LogP contribution in [0, 0.1) is 0 Å². The minimum Gasteiger partial charge on any atom is -0.445 e. The Labute approximate surface area is 288 Å². The Kier molecular flexibility index (Phi) is 15.5. The summed E-state index contributed by atoms with van der Waals surface area (Å²) in [6.07, 6.45) is -3.69. The van der Waals surface area contributed by atoms with Gasteiger partial charge in [-0.05, 0) is 50.3 Å². The van der Waals surface area contributed by atoms with Crippen molar-refractivity contribution >= 4 is 18.1 Å². The van der Waals surface area contributed by atoms with Crippen LogP contribution in [0.3, 0.4) is 0 Å². The molecule has 3 rings (SSSR count). The molecule has 3 aromatic rings. The second-order valence-electron chi connectivity index (χ2n) is 12.9. The number of ether oxygens (including phenoxy) is 2. The number of aliphatic hydroxyl groups is 3. The summed E-state index contributed by atoms with van der Waals surface area (Å²) in [5.74, 6) is -0.865. The van der Waals surface area contributed by atoms with E-state index in [0.717, 1.165) is 21.6 Å². The van der Waals surface area contributed by atoms with Gasteiger partial charge < -0.3 is 41.2 Å². The molecule has 0 aliphatic heterocycles. The van der Waals surface area contributed by atoms with Crippen molar-refractivity contribution in [2.75, 3.05) is 19.7 Å². The Hall–Kier alpha value is -4.49. The van der Waals surface area contributed by atoms with Gasteiger partial charge in [0.05, 0.1) is 24.3 Å². The van der Waals surface area contributed by atoms with E-state index in [1.807, 2.05) is 66.7 Å². The summed E-state index contributed by atoms with van der Waals surface area (Å²) < 4.78 is 11.0. The molecule has 5 atom stereocenters. The van der Waals surface area contributed by atoms with E-state index in [-0.39, 0.29) is 32.5 Å². The number of hydrogen-bond donors (Lipinski definition) is 6. The van der Waals surface area contributed by atoms with E-state index in [2.05, 4.69) is 10.6 Å². The number of carbonyl (C=O) groups excluding carboxylic acids is 3. The first-order chi connectivity index (χ1) is 23.4. The lowest BCUT2D eigenvalue weighted by atomic mass is 9.97. The molecule has 7 N–H and O–H groups in total. The van der Waals surface area contributed by atoms with Crippen molar-refractivity contribution in [2.24, 2.45) is 5.73 Å². The lowest BCUT2D eigenvalue weighted by molar-refractivity contribution is -0.125. The molecule has 0 saturated carbocycles. The van der Waals surface area contributed by atoms with Crippen LogP contribution in [0.2, 0.25) is 0 Å². The lowest BCUT2D eigenvalue weighted by Crippen LogP contribution is -2.59. The summed E-state index contributed by atoms with van der Waals surface area (Å²) in [6, 6.07) is 24.4. The molecule has 0 spiro atoms. The van der Waals surface area contributed by atoms with Gasteiger partial charge in [-0.3, -0.25) is 9.69 Å². The third-order valence-corrected chi connectivity index (χ3v) is 7.74. The molecule has 49 heavy (non-hydrogen) atoms. The molecule has 0 aliphatic rings. The summed E-state index contributed by atoms with van der Waals surface area (Å²) in [7, 11) is 0. The van der Waals surface area contributed by atoms with Crippen LogP contribution in [0.1, 0.15) is 43.9 Å². The topological polar surface area (TPSA) is 184 Å². The molecule has 0 saturated heterocycles. The Bertz CT molecular complexity index is 1420. The van der Waals surface area contributed by atoms with Crippen molar-refractivity contribution in [1.29, 1.82) is 0 Å². The zero-order valence-corrected chi connectivity index (χ0v) is 28.4. The van der Waals surface area contributed by atoms with Crippen molar-refractivity contribution < 1.29 is 39.2 Å². The Morgan fingerprint density at radius 1 is 0.796 bits per heavy atom. The third-order valence-electron chi connectivity index (χ3n) is 7.74. The molecule has 12 heteroatoms. The van der Waals surface area contributed by atoms with E-state index < -0.39 is 60.6 Å². The van der Waals surface area contributed by atoms with Crippen LogP contribution in [0.25, 0.3) is 0 Å². The number of carbonyl (C=O) groups is 3. The van der Waals surface area contributed by atoms with E-state index in [0.29, 0.717) is 6.42 Å². The molecule has 266 valence electrons. The average molecular weight is 679 g/mol. The highest BCUT2D eigenvalue weighted by Gasteiger charge is 2.39. The van der Waals surface area contributed by atoms with Gasteiger partial charge in [-0.2, -0.15) is 0 Å². The van der Waals surface area contributed by atoms with E-state index in [4.69, 9.17) is 15.2 Å². The molecule has 2 unspecified atom stereocenters. The molecular weight excluding hydrogens is 628 g/mol. The quantitative estimate of drug-likeness (QED) is 0.118. The molecule has 3 aromatic carbocycles. The van der Waals surface area contributed by atoms with Gasteiger partial charge in [0.25, 0.3) is 0 Å². The number of nitrogens with one attached hydrogen (secondary N) is 2. The fourth-order valence-electron chi connectivity index (χ4n) is 5.37. The van der Waals surface area contributed by atoms with Crippen molar-refractivity contribution in [1.82, 2.24) is 15.5 Å². The Morgan fingerprint density at radius 2 is 1.31 bits per heavy atom. The summed E-state index contributed by atoms with van der Waals surface area (Å²) in [4.78, 5) is 40.2. The first-order valence-electron chi connectivity index (χ1n) is 16.4. The number of primary amides is 1. The van der Waals surface area contributed by atoms with E-state index in [1.165, 1.54) is 0 Å². The van der Waals surface area contributed by atoms with Crippen LogP contribution in [-0.4, -0.2) is 93.9 Å². The van der Waals surface area contributed by atoms with Gasteiger partial charge in [0, 0.05) is 26.1 Å². The standard InChI is InChI=1S/C37H50N4O8/c1-37(2,3)49-35(46)40-29(21-26-13-7-4-8-14-26)32(43)23-39-24-33(44)31(22-27-15-9-5-10-16-27)41(30(19-20-42)34(38)45)36(47)48-25-28-17-11-6-12-18-28/h4-18,29-33,39,42-44H,19-25H2,1-3H3,(H2,38,45)(H,40,46)/t29-,30+,31-,32?,33?/m1/s1. The van der Waals surface area contributed by atoms with Gasteiger partial charge >= 0.3 is 12.2 Å². The van der Waals surface area contributed by atoms with Gasteiger partial charge in [0.2, 0.25) is 5.91 Å². The molecule has 0 bridgehead atoms. The van der Waals surface area contributed by atoms with Crippen molar-refractivity contribution in [3.05, 3.63) is 108 Å². The minimum absolute atomic E-state index is 0.0449. The van der Waals surface area contributed by atoms with Gasteiger partial charge in [-0.25, -0.2) is 9.59 Å². The van der Waals surface area contributed by atoms with Crippen LogP contribution < -0.4 is 16.4 Å². The second kappa shape index (κ2) is 19.5. The number of amides is 3. The molecule has 12 nitrogen and oxygen atoms in total. The Balaban J connectivity index is 1.82. The lowest BCUT2D eigenvalue weighted by Gasteiger charge is -2.38. The summed E-state index contributed by atoms with van der Waals surface area (Å²) in [5, 5.41) is 38.5. The number of hydrogen-bond acceptors (Lipinski definition) is 9. The SMILES string of the molecule is CC(C)(C)OC(=O)N[C@H](Cc1ccccc1)C(O)CNCC(O)[C@@H](Cc1ccccc1)N(C(=O)OCc1ccccc1)[C@@H](CCO)C(N)=O. The normalized spacial score (nSPS) is 14.5. The minimum atomic E-state index is -1.29. The summed E-state index contributed by atoms with van der Waals surface area (Å²) in [6.45, 7) is 4.54. The zero-order valence-electron chi connectivity index (χ0n) is 28.4. The number of nitrogens with zero attached hydrogens (tertiary/aromatic N) is 1. The highest BCUT2D eigenvalue weighted by atomic mass is 16.6. The summed E-state index contributed by atoms with van der Waals surface area (Å²) >= 11 is 0. The van der Waals surface area contributed by atoms with E-state index in [9.17, 15) is 29.7 Å². The molecular formula is C37H50N4O8. The molecule has 0 heterocycles. The predicted octanol–water partition coefficient (Wildman–Crippen LogP) is 2.92. The first kappa shape index (κ1) is 39.0. The Morgan fingerprint density at radius 3 is 1.82 bits per heavy atom. The van der Waals surface area contributed by atoms with E-state index >= 15 is 0 Å². The van der Waals surface area contributed by atoms with Crippen LogP contribution in [0.4, 0.5) is 9.59 Å². The molecule has 0 aliphatic carbocycles. The maximum Gasteiger partial charge on any atom is 0.411 e. The predicted molar refractivity (Wildman–Crippen MR) is 185 cm³/mol. The number of nitrogens with two attached hydrogens (primary N) is 1. The number of aliphatic hydroxyl groups excluding tert-OH is 3. The first-order valence-corrected chi connectivity index (χ1v) is 16.4. The smallest absolute Gasteiger partial charge is 0.411 e. The zero-order chi connectivity index (χ0) is 35.8. The summed E-state index contributed by atoms with van der Waals surface area (Å²) in [5.41, 5.74) is 7.37. The maximum atomic E-state index is 13.7. The molecule has 0 fully saturated rings. The number of benzene rings is 3. The van der Waals surface area contributed by atoms with Crippen molar-refractivity contribution in [3.63, 3.8) is 0 Å². The fourth-order valence-corrected chi connectivity index (χ4v) is 5.37. The van der Waals surface area contributed by atoms with E-state index in [1.54, 1.807) is 45.0 Å². The largest absolute Gasteiger partial charge is 0.445 e. The fraction of sp³-hybridized carbons (Fsp3) is 0.432. The maximum absolute atomic E-state index is 13.7.